The molecule has 0 amide bonds. The van der Waals surface area contributed by atoms with Crippen LogP contribution in [-0.2, 0) is 26.9 Å². The van der Waals surface area contributed by atoms with Crippen LogP contribution >= 0.6 is 15.9 Å². The van der Waals surface area contributed by atoms with Gasteiger partial charge in [-0.25, -0.2) is 8.42 Å². The standard InChI is InChI=1S/C14H13BBrNO4S/c16-13-6-11(17)3-4-14(13)22(19,20)8-9-1-2-10-7-21-15(18)12(10)5-9/h1-6,18H,7-8,17H2. The van der Waals surface area contributed by atoms with Crippen molar-refractivity contribution in [3.63, 3.8) is 0 Å². The fraction of sp³-hybridized carbons (Fsp3) is 0.143. The normalized spacial score (nSPS) is 14.2. The molecule has 0 aliphatic carbocycles. The summed E-state index contributed by atoms with van der Waals surface area (Å²) in [6, 6.07) is 9.80. The van der Waals surface area contributed by atoms with Gasteiger partial charge in [-0.15, -0.1) is 0 Å². The first-order valence-electron chi connectivity index (χ1n) is 6.56. The van der Waals surface area contributed by atoms with Crippen LogP contribution in [0.15, 0.2) is 45.8 Å². The van der Waals surface area contributed by atoms with Crippen molar-refractivity contribution in [2.45, 2.75) is 17.3 Å². The molecule has 5 nitrogen and oxygen atoms in total. The van der Waals surface area contributed by atoms with E-state index in [0.29, 0.717) is 27.8 Å². The fourth-order valence-electron chi connectivity index (χ4n) is 2.42. The van der Waals surface area contributed by atoms with E-state index in [0.717, 1.165) is 5.56 Å². The Morgan fingerprint density at radius 2 is 2.05 bits per heavy atom. The third-order valence-corrected chi connectivity index (χ3v) is 6.18. The molecule has 1 aliphatic rings. The molecule has 0 radical (unpaired) electrons. The average molecular weight is 382 g/mol. The average Bonchev–Trinajstić information content (AvgIpc) is 2.79. The van der Waals surface area contributed by atoms with Gasteiger partial charge in [0.15, 0.2) is 9.84 Å². The molecule has 2 aromatic rings. The van der Waals surface area contributed by atoms with Gasteiger partial charge >= 0.3 is 7.12 Å². The second-order valence-corrected chi connectivity index (χ2v) is 7.96. The molecule has 0 bridgehead atoms. The smallest absolute Gasteiger partial charge is 0.423 e. The first kappa shape index (κ1) is 15.5. The summed E-state index contributed by atoms with van der Waals surface area (Å²) in [6.07, 6.45) is 0. The quantitative estimate of drug-likeness (QED) is 0.616. The van der Waals surface area contributed by atoms with E-state index in [2.05, 4.69) is 15.9 Å². The van der Waals surface area contributed by atoms with E-state index in [1.807, 2.05) is 0 Å². The summed E-state index contributed by atoms with van der Waals surface area (Å²) in [6.45, 7) is 0.340. The molecule has 0 atom stereocenters. The molecule has 8 heteroatoms. The van der Waals surface area contributed by atoms with Crippen LogP contribution in [0.2, 0.25) is 0 Å². The first-order chi connectivity index (χ1) is 10.4. The van der Waals surface area contributed by atoms with Crippen LogP contribution in [0.5, 0.6) is 0 Å². The van der Waals surface area contributed by atoms with Gasteiger partial charge in [0.2, 0.25) is 0 Å². The lowest BCUT2D eigenvalue weighted by Crippen LogP contribution is -2.28. The minimum absolute atomic E-state index is 0.157. The Bertz CT molecular complexity index is 841. The molecule has 114 valence electrons. The molecular weight excluding hydrogens is 369 g/mol. The van der Waals surface area contributed by atoms with Gasteiger partial charge < -0.3 is 15.4 Å². The van der Waals surface area contributed by atoms with Crippen LogP contribution in [0.4, 0.5) is 5.69 Å². The third-order valence-electron chi connectivity index (χ3n) is 3.52. The van der Waals surface area contributed by atoms with Crippen molar-refractivity contribution < 1.29 is 18.1 Å². The summed E-state index contributed by atoms with van der Waals surface area (Å²) in [7, 11) is -4.51. The summed E-state index contributed by atoms with van der Waals surface area (Å²) in [5.74, 6) is -0.157. The lowest BCUT2D eigenvalue weighted by atomic mass is 9.79. The highest BCUT2D eigenvalue weighted by Crippen LogP contribution is 2.27. The van der Waals surface area contributed by atoms with Crippen LogP contribution in [0.1, 0.15) is 11.1 Å². The number of sulfone groups is 1. The number of hydrogen-bond acceptors (Lipinski definition) is 5. The second kappa shape index (κ2) is 5.70. The molecule has 1 heterocycles. The van der Waals surface area contributed by atoms with E-state index in [4.69, 9.17) is 10.4 Å². The van der Waals surface area contributed by atoms with Crippen molar-refractivity contribution in [1.29, 1.82) is 0 Å². The monoisotopic (exact) mass is 381 g/mol. The molecule has 2 aromatic carbocycles. The fourth-order valence-corrected chi connectivity index (χ4v) is 4.96. The Hall–Kier alpha value is -1.35. The number of anilines is 1. The van der Waals surface area contributed by atoms with Crippen LogP contribution in [0.3, 0.4) is 0 Å². The lowest BCUT2D eigenvalue weighted by Gasteiger charge is -2.09. The van der Waals surface area contributed by atoms with Crippen LogP contribution in [0.25, 0.3) is 0 Å². The third kappa shape index (κ3) is 2.92. The molecule has 0 saturated heterocycles. The second-order valence-electron chi connectivity index (χ2n) is 5.15. The maximum atomic E-state index is 12.6. The number of halogens is 1. The van der Waals surface area contributed by atoms with Crippen molar-refractivity contribution in [2.75, 3.05) is 5.73 Å². The largest absolute Gasteiger partial charge is 0.491 e. The number of fused-ring (bicyclic) bond motifs is 1. The Morgan fingerprint density at radius 1 is 1.27 bits per heavy atom. The van der Waals surface area contributed by atoms with Crippen molar-refractivity contribution in [3.8, 4) is 0 Å². The van der Waals surface area contributed by atoms with E-state index < -0.39 is 17.0 Å². The van der Waals surface area contributed by atoms with Gasteiger partial charge in [-0.2, -0.15) is 0 Å². The number of rotatable bonds is 3. The number of hydrogen-bond donors (Lipinski definition) is 2. The van der Waals surface area contributed by atoms with Crippen molar-refractivity contribution in [1.82, 2.24) is 0 Å². The highest BCUT2D eigenvalue weighted by atomic mass is 79.9. The van der Waals surface area contributed by atoms with Gasteiger partial charge in [-0.3, -0.25) is 0 Å². The summed E-state index contributed by atoms with van der Waals surface area (Å²) < 4.78 is 30.7. The minimum atomic E-state index is -3.52. The predicted molar refractivity (Wildman–Crippen MR) is 88.3 cm³/mol. The molecule has 0 aromatic heterocycles. The molecule has 0 unspecified atom stereocenters. The SMILES string of the molecule is Nc1ccc(S(=O)(=O)Cc2ccc3c(c2)B(O)OC3)c(Br)c1. The van der Waals surface area contributed by atoms with E-state index in [-0.39, 0.29) is 10.6 Å². The van der Waals surface area contributed by atoms with Gasteiger partial charge in [0, 0.05) is 10.2 Å². The Morgan fingerprint density at radius 3 is 2.77 bits per heavy atom. The lowest BCUT2D eigenvalue weighted by molar-refractivity contribution is 0.275. The maximum Gasteiger partial charge on any atom is 0.491 e. The number of benzene rings is 2. The van der Waals surface area contributed by atoms with E-state index in [9.17, 15) is 13.4 Å². The van der Waals surface area contributed by atoms with Gasteiger partial charge in [0.1, 0.15) is 0 Å². The zero-order chi connectivity index (χ0) is 15.9. The zero-order valence-electron chi connectivity index (χ0n) is 11.5. The maximum absolute atomic E-state index is 12.6. The van der Waals surface area contributed by atoms with E-state index in [1.165, 1.54) is 6.07 Å². The molecule has 0 fully saturated rings. The predicted octanol–water partition coefficient (Wildman–Crippen LogP) is 1.22. The first-order valence-corrected chi connectivity index (χ1v) is 9.00. The number of nitrogen functional groups attached to an aromatic ring is 1. The van der Waals surface area contributed by atoms with Crippen molar-refractivity contribution in [2.24, 2.45) is 0 Å². The van der Waals surface area contributed by atoms with Gasteiger partial charge in [0.25, 0.3) is 0 Å². The van der Waals surface area contributed by atoms with Crippen LogP contribution < -0.4 is 11.2 Å². The Kier molecular flexibility index (Phi) is 4.02. The van der Waals surface area contributed by atoms with Crippen LogP contribution in [0, 0.1) is 0 Å². The zero-order valence-corrected chi connectivity index (χ0v) is 13.9. The Balaban J connectivity index is 1.93. The van der Waals surface area contributed by atoms with E-state index >= 15 is 0 Å². The molecule has 0 spiro atoms. The molecule has 3 N–H and O–H groups in total. The van der Waals surface area contributed by atoms with Gasteiger partial charge in [-0.05, 0) is 50.7 Å². The van der Waals surface area contributed by atoms with Gasteiger partial charge in [-0.1, -0.05) is 18.2 Å². The van der Waals surface area contributed by atoms with Gasteiger partial charge in [0.05, 0.1) is 17.3 Å². The molecule has 0 saturated carbocycles. The molecule has 3 rings (SSSR count). The topological polar surface area (TPSA) is 89.6 Å². The van der Waals surface area contributed by atoms with Crippen molar-refractivity contribution >= 4 is 44.0 Å². The molecule has 1 aliphatic heterocycles. The molecular formula is C14H13BBrNO4S. The van der Waals surface area contributed by atoms with Crippen molar-refractivity contribution in [3.05, 3.63) is 52.0 Å². The summed E-state index contributed by atoms with van der Waals surface area (Å²) in [5.41, 5.74) is 8.23. The molecule has 22 heavy (non-hydrogen) atoms. The summed E-state index contributed by atoms with van der Waals surface area (Å²) in [5, 5.41) is 9.70. The summed E-state index contributed by atoms with van der Waals surface area (Å²) >= 11 is 3.24. The highest BCUT2D eigenvalue weighted by molar-refractivity contribution is 9.10. The summed E-state index contributed by atoms with van der Waals surface area (Å²) in [4.78, 5) is 0.194. The van der Waals surface area contributed by atoms with Crippen LogP contribution in [-0.4, -0.2) is 20.6 Å². The highest BCUT2D eigenvalue weighted by Gasteiger charge is 2.28. The number of nitrogens with two attached hydrogens (primary N) is 1. The Labute approximate surface area is 137 Å². The van der Waals surface area contributed by atoms with E-state index in [1.54, 1.807) is 30.3 Å². The minimum Gasteiger partial charge on any atom is -0.423 e.